The van der Waals surface area contributed by atoms with Crippen LogP contribution in [0.3, 0.4) is 0 Å². The van der Waals surface area contributed by atoms with Crippen LogP contribution in [0.5, 0.6) is 0 Å². The third kappa shape index (κ3) is 6.00. The number of rotatable bonds is 7. The van der Waals surface area contributed by atoms with Crippen molar-refractivity contribution in [3.8, 4) is 0 Å². The van der Waals surface area contributed by atoms with Crippen LogP contribution in [0.25, 0.3) is 0 Å². The SMILES string of the molecule is CCNC(=O)CNCC(=O)NCc1ccccc1. The normalized spacial score (nSPS) is 9.83. The highest BCUT2D eigenvalue weighted by molar-refractivity contribution is 5.81. The fourth-order valence-corrected chi connectivity index (χ4v) is 1.41. The molecule has 0 atom stereocenters. The summed E-state index contributed by atoms with van der Waals surface area (Å²) >= 11 is 0. The van der Waals surface area contributed by atoms with Gasteiger partial charge in [0.05, 0.1) is 13.1 Å². The highest BCUT2D eigenvalue weighted by atomic mass is 16.2. The molecule has 0 fully saturated rings. The minimum Gasteiger partial charge on any atom is -0.355 e. The van der Waals surface area contributed by atoms with E-state index >= 15 is 0 Å². The summed E-state index contributed by atoms with van der Waals surface area (Å²) in [6.07, 6.45) is 0. The molecule has 0 aliphatic rings. The first kappa shape index (κ1) is 14.2. The van der Waals surface area contributed by atoms with Gasteiger partial charge in [0.25, 0.3) is 0 Å². The van der Waals surface area contributed by atoms with Gasteiger partial charge in [-0.25, -0.2) is 0 Å². The van der Waals surface area contributed by atoms with Gasteiger partial charge in [-0.15, -0.1) is 0 Å². The van der Waals surface area contributed by atoms with Gasteiger partial charge < -0.3 is 10.6 Å². The maximum atomic E-state index is 11.5. The average molecular weight is 249 g/mol. The van der Waals surface area contributed by atoms with Crippen molar-refractivity contribution in [3.05, 3.63) is 35.9 Å². The molecule has 0 radical (unpaired) electrons. The van der Waals surface area contributed by atoms with Crippen molar-refractivity contribution >= 4 is 11.8 Å². The van der Waals surface area contributed by atoms with Crippen molar-refractivity contribution in [2.45, 2.75) is 13.5 Å². The molecule has 0 heterocycles. The topological polar surface area (TPSA) is 70.2 Å². The molecular weight excluding hydrogens is 230 g/mol. The monoisotopic (exact) mass is 249 g/mol. The zero-order chi connectivity index (χ0) is 13.2. The summed E-state index contributed by atoms with van der Waals surface area (Å²) in [5.74, 6) is -0.225. The van der Waals surface area contributed by atoms with Gasteiger partial charge >= 0.3 is 0 Å². The lowest BCUT2D eigenvalue weighted by atomic mass is 10.2. The lowest BCUT2D eigenvalue weighted by Crippen LogP contribution is -2.39. The highest BCUT2D eigenvalue weighted by Crippen LogP contribution is 1.96. The van der Waals surface area contributed by atoms with E-state index in [1.807, 2.05) is 37.3 Å². The van der Waals surface area contributed by atoms with Gasteiger partial charge in [0.2, 0.25) is 11.8 Å². The van der Waals surface area contributed by atoms with E-state index in [1.54, 1.807) is 0 Å². The lowest BCUT2D eigenvalue weighted by Gasteiger charge is -2.06. The Morgan fingerprint density at radius 3 is 2.22 bits per heavy atom. The maximum Gasteiger partial charge on any atom is 0.234 e. The fourth-order valence-electron chi connectivity index (χ4n) is 1.41. The predicted octanol–water partition coefficient (Wildman–Crippen LogP) is 0.0285. The number of carbonyl (C=O) groups is 2. The van der Waals surface area contributed by atoms with Gasteiger partial charge in [0.1, 0.15) is 0 Å². The zero-order valence-corrected chi connectivity index (χ0v) is 10.5. The van der Waals surface area contributed by atoms with E-state index in [0.717, 1.165) is 5.56 Å². The summed E-state index contributed by atoms with van der Waals surface area (Å²) in [5, 5.41) is 8.20. The third-order valence-electron chi connectivity index (χ3n) is 2.28. The molecule has 0 unspecified atom stereocenters. The summed E-state index contributed by atoms with van der Waals surface area (Å²) in [6, 6.07) is 9.67. The van der Waals surface area contributed by atoms with E-state index in [2.05, 4.69) is 16.0 Å². The maximum absolute atomic E-state index is 11.5. The third-order valence-corrected chi connectivity index (χ3v) is 2.28. The Hall–Kier alpha value is -1.88. The van der Waals surface area contributed by atoms with Gasteiger partial charge in [-0.3, -0.25) is 14.9 Å². The Bertz CT molecular complexity index is 379. The predicted molar refractivity (Wildman–Crippen MR) is 69.8 cm³/mol. The second-order valence-corrected chi connectivity index (χ2v) is 3.82. The van der Waals surface area contributed by atoms with Crippen molar-refractivity contribution < 1.29 is 9.59 Å². The molecule has 0 aromatic heterocycles. The standard InChI is InChI=1S/C13H19N3O2/c1-2-15-12(17)9-14-10-13(18)16-8-11-6-4-3-5-7-11/h3-7,14H,2,8-10H2,1H3,(H,15,17)(H,16,18). The van der Waals surface area contributed by atoms with Crippen LogP contribution in [0.4, 0.5) is 0 Å². The molecule has 2 amide bonds. The van der Waals surface area contributed by atoms with Gasteiger partial charge in [-0.05, 0) is 12.5 Å². The Kier molecular flexibility index (Phi) is 6.50. The molecule has 98 valence electrons. The molecule has 5 nitrogen and oxygen atoms in total. The minimum atomic E-state index is -0.122. The van der Waals surface area contributed by atoms with Crippen molar-refractivity contribution in [2.24, 2.45) is 0 Å². The molecule has 0 aliphatic heterocycles. The van der Waals surface area contributed by atoms with Gasteiger partial charge in [0, 0.05) is 13.1 Å². The number of carbonyl (C=O) groups excluding carboxylic acids is 2. The minimum absolute atomic E-state index is 0.103. The van der Waals surface area contributed by atoms with Gasteiger partial charge in [0.15, 0.2) is 0 Å². The molecule has 18 heavy (non-hydrogen) atoms. The first-order valence-corrected chi connectivity index (χ1v) is 6.00. The highest BCUT2D eigenvalue weighted by Gasteiger charge is 2.02. The average Bonchev–Trinajstić information content (AvgIpc) is 2.38. The van der Waals surface area contributed by atoms with E-state index < -0.39 is 0 Å². The van der Waals surface area contributed by atoms with E-state index in [1.165, 1.54) is 0 Å². The van der Waals surface area contributed by atoms with E-state index in [4.69, 9.17) is 0 Å². The molecule has 1 rings (SSSR count). The molecule has 0 spiro atoms. The number of nitrogens with one attached hydrogen (secondary N) is 3. The van der Waals surface area contributed by atoms with Crippen LogP contribution in [0.2, 0.25) is 0 Å². The number of likely N-dealkylation sites (N-methyl/N-ethyl adjacent to an activating group) is 1. The number of hydrogen-bond acceptors (Lipinski definition) is 3. The molecule has 3 N–H and O–H groups in total. The van der Waals surface area contributed by atoms with E-state index in [-0.39, 0.29) is 24.9 Å². The quantitative estimate of drug-likeness (QED) is 0.638. The molecule has 0 bridgehead atoms. The second-order valence-electron chi connectivity index (χ2n) is 3.82. The van der Waals surface area contributed by atoms with Crippen molar-refractivity contribution in [2.75, 3.05) is 19.6 Å². The van der Waals surface area contributed by atoms with Crippen molar-refractivity contribution in [3.63, 3.8) is 0 Å². The van der Waals surface area contributed by atoms with Gasteiger partial charge in [-0.2, -0.15) is 0 Å². The molecule has 0 saturated heterocycles. The van der Waals surface area contributed by atoms with E-state index in [9.17, 15) is 9.59 Å². The van der Waals surface area contributed by atoms with Crippen LogP contribution in [-0.4, -0.2) is 31.4 Å². The molecule has 1 aromatic rings. The lowest BCUT2D eigenvalue weighted by molar-refractivity contribution is -0.121. The Morgan fingerprint density at radius 2 is 1.61 bits per heavy atom. The van der Waals surface area contributed by atoms with Gasteiger partial charge in [-0.1, -0.05) is 30.3 Å². The molecule has 1 aromatic carbocycles. The number of amides is 2. The van der Waals surface area contributed by atoms with E-state index in [0.29, 0.717) is 13.1 Å². The second kappa shape index (κ2) is 8.25. The van der Waals surface area contributed by atoms with Crippen LogP contribution in [-0.2, 0) is 16.1 Å². The fraction of sp³-hybridized carbons (Fsp3) is 0.385. The molecular formula is C13H19N3O2. The van der Waals surface area contributed by atoms with Crippen LogP contribution >= 0.6 is 0 Å². The Labute approximate surface area is 107 Å². The summed E-state index contributed by atoms with van der Waals surface area (Å²) in [4.78, 5) is 22.5. The van der Waals surface area contributed by atoms with Crippen LogP contribution in [0.15, 0.2) is 30.3 Å². The molecule has 0 aliphatic carbocycles. The first-order valence-electron chi connectivity index (χ1n) is 6.00. The zero-order valence-electron chi connectivity index (χ0n) is 10.5. The van der Waals surface area contributed by atoms with Crippen LogP contribution in [0, 0.1) is 0 Å². The Morgan fingerprint density at radius 1 is 1.00 bits per heavy atom. The summed E-state index contributed by atoms with van der Waals surface area (Å²) < 4.78 is 0. The summed E-state index contributed by atoms with van der Waals surface area (Å²) in [7, 11) is 0. The molecule has 5 heteroatoms. The molecule has 0 saturated carbocycles. The summed E-state index contributed by atoms with van der Waals surface area (Å²) in [6.45, 7) is 3.25. The smallest absolute Gasteiger partial charge is 0.234 e. The number of benzene rings is 1. The Balaban J connectivity index is 2.13. The van der Waals surface area contributed by atoms with Crippen LogP contribution < -0.4 is 16.0 Å². The summed E-state index contributed by atoms with van der Waals surface area (Å²) in [5.41, 5.74) is 1.05. The van der Waals surface area contributed by atoms with Crippen molar-refractivity contribution in [1.29, 1.82) is 0 Å². The number of hydrogen-bond donors (Lipinski definition) is 3. The van der Waals surface area contributed by atoms with Crippen molar-refractivity contribution in [1.82, 2.24) is 16.0 Å². The largest absolute Gasteiger partial charge is 0.355 e. The van der Waals surface area contributed by atoms with Crippen LogP contribution in [0.1, 0.15) is 12.5 Å². The first-order chi connectivity index (χ1) is 8.72.